The van der Waals surface area contributed by atoms with E-state index in [9.17, 15) is 4.79 Å². The van der Waals surface area contributed by atoms with E-state index < -0.39 is 0 Å². The third-order valence-electron chi connectivity index (χ3n) is 3.21. The summed E-state index contributed by atoms with van der Waals surface area (Å²) in [6.45, 7) is 4.23. The van der Waals surface area contributed by atoms with Crippen molar-refractivity contribution in [3.63, 3.8) is 0 Å². The first-order valence-corrected chi connectivity index (χ1v) is 6.23. The van der Waals surface area contributed by atoms with Crippen molar-refractivity contribution < 1.29 is 13.9 Å². The summed E-state index contributed by atoms with van der Waals surface area (Å²) in [5, 5.41) is 7.03. The molecule has 0 saturated carbocycles. The molecule has 1 amide bonds. The average molecular weight is 261 g/mol. The maximum Gasteiger partial charge on any atom is 0.258 e. The second-order valence-electron chi connectivity index (χ2n) is 4.45. The lowest BCUT2D eigenvalue weighted by molar-refractivity contribution is 0.0303. The van der Waals surface area contributed by atoms with E-state index in [1.54, 1.807) is 23.3 Å². The van der Waals surface area contributed by atoms with Crippen molar-refractivity contribution in [1.82, 2.24) is 15.1 Å². The van der Waals surface area contributed by atoms with Crippen molar-refractivity contribution >= 4 is 5.91 Å². The van der Waals surface area contributed by atoms with E-state index in [-0.39, 0.29) is 5.91 Å². The highest BCUT2D eigenvalue weighted by molar-refractivity contribution is 6.00. The summed E-state index contributed by atoms with van der Waals surface area (Å²) in [5.74, 6) is 0.571. The minimum absolute atomic E-state index is 0.0269. The lowest BCUT2D eigenvalue weighted by atomic mass is 10.1. The molecule has 0 atom stereocenters. The molecule has 2 aromatic rings. The number of ether oxygens (including phenoxy) is 1. The molecule has 0 bridgehead atoms. The Hall–Kier alpha value is -2.08. The molecule has 1 aliphatic heterocycles. The minimum Gasteiger partial charge on any atom is -0.463 e. The molecule has 6 heteroatoms. The normalized spacial score (nSPS) is 15.7. The SMILES string of the molecule is Cc1[nH]nc(-c2ccco2)c1C(=O)N1CCOCC1. The highest BCUT2D eigenvalue weighted by Crippen LogP contribution is 2.25. The highest BCUT2D eigenvalue weighted by atomic mass is 16.5. The van der Waals surface area contributed by atoms with E-state index in [4.69, 9.17) is 9.15 Å². The van der Waals surface area contributed by atoms with E-state index in [1.165, 1.54) is 0 Å². The number of furan rings is 1. The van der Waals surface area contributed by atoms with Crippen molar-refractivity contribution in [2.24, 2.45) is 0 Å². The summed E-state index contributed by atoms with van der Waals surface area (Å²) in [4.78, 5) is 14.4. The lowest BCUT2D eigenvalue weighted by Crippen LogP contribution is -2.41. The van der Waals surface area contributed by atoms with Gasteiger partial charge in [0, 0.05) is 18.8 Å². The molecule has 0 aromatic carbocycles. The van der Waals surface area contributed by atoms with Crippen LogP contribution in [0, 0.1) is 6.92 Å². The predicted molar refractivity (Wildman–Crippen MR) is 67.7 cm³/mol. The van der Waals surface area contributed by atoms with Gasteiger partial charge in [0.1, 0.15) is 5.69 Å². The van der Waals surface area contributed by atoms with Crippen LogP contribution in [0.3, 0.4) is 0 Å². The van der Waals surface area contributed by atoms with Crippen LogP contribution in [0.5, 0.6) is 0 Å². The molecule has 0 unspecified atom stereocenters. The van der Waals surface area contributed by atoms with E-state index in [0.717, 1.165) is 5.69 Å². The summed E-state index contributed by atoms with van der Waals surface area (Å²) in [5.41, 5.74) is 1.90. The Labute approximate surface area is 110 Å². The van der Waals surface area contributed by atoms with Crippen molar-refractivity contribution in [1.29, 1.82) is 0 Å². The van der Waals surface area contributed by atoms with Crippen LogP contribution in [0.25, 0.3) is 11.5 Å². The van der Waals surface area contributed by atoms with Gasteiger partial charge in [-0.15, -0.1) is 0 Å². The molecule has 19 heavy (non-hydrogen) atoms. The fourth-order valence-electron chi connectivity index (χ4n) is 2.21. The molecule has 1 saturated heterocycles. The first kappa shape index (κ1) is 12.0. The fraction of sp³-hybridized carbons (Fsp3) is 0.385. The van der Waals surface area contributed by atoms with Gasteiger partial charge in [-0.3, -0.25) is 9.89 Å². The molecular weight excluding hydrogens is 246 g/mol. The molecular formula is C13H15N3O3. The van der Waals surface area contributed by atoms with Gasteiger partial charge in [-0.1, -0.05) is 0 Å². The molecule has 1 aliphatic rings. The fourth-order valence-corrected chi connectivity index (χ4v) is 2.21. The molecule has 0 spiro atoms. The van der Waals surface area contributed by atoms with Crippen molar-refractivity contribution in [3.05, 3.63) is 29.7 Å². The number of carbonyl (C=O) groups excluding carboxylic acids is 1. The maximum absolute atomic E-state index is 12.6. The summed E-state index contributed by atoms with van der Waals surface area (Å²) in [6.07, 6.45) is 1.57. The van der Waals surface area contributed by atoms with E-state index in [0.29, 0.717) is 43.3 Å². The summed E-state index contributed by atoms with van der Waals surface area (Å²) >= 11 is 0. The zero-order chi connectivity index (χ0) is 13.2. The van der Waals surface area contributed by atoms with E-state index >= 15 is 0 Å². The van der Waals surface area contributed by atoms with Crippen molar-refractivity contribution in [3.8, 4) is 11.5 Å². The first-order chi connectivity index (χ1) is 9.27. The second kappa shape index (κ2) is 4.89. The Balaban J connectivity index is 1.95. The van der Waals surface area contributed by atoms with Crippen LogP contribution in [-0.2, 0) is 4.74 Å². The number of nitrogens with one attached hydrogen (secondary N) is 1. The molecule has 100 valence electrons. The van der Waals surface area contributed by atoms with E-state index in [1.807, 2.05) is 6.92 Å². The van der Waals surface area contributed by atoms with Crippen LogP contribution in [0.1, 0.15) is 16.1 Å². The largest absolute Gasteiger partial charge is 0.463 e. The number of hydrogen-bond acceptors (Lipinski definition) is 4. The Morgan fingerprint density at radius 3 is 2.89 bits per heavy atom. The van der Waals surface area contributed by atoms with Gasteiger partial charge in [-0.2, -0.15) is 5.10 Å². The van der Waals surface area contributed by atoms with Gasteiger partial charge >= 0.3 is 0 Å². The number of amides is 1. The summed E-state index contributed by atoms with van der Waals surface area (Å²) in [7, 11) is 0. The zero-order valence-electron chi connectivity index (χ0n) is 10.7. The zero-order valence-corrected chi connectivity index (χ0v) is 10.7. The van der Waals surface area contributed by atoms with Gasteiger partial charge in [-0.05, 0) is 19.1 Å². The topological polar surface area (TPSA) is 71.4 Å². The number of aromatic nitrogens is 2. The smallest absolute Gasteiger partial charge is 0.258 e. The standard InChI is InChI=1S/C13H15N3O3/c1-9-11(13(17)16-4-7-18-8-5-16)12(15-14-9)10-3-2-6-19-10/h2-3,6H,4-5,7-8H2,1H3,(H,14,15). The highest BCUT2D eigenvalue weighted by Gasteiger charge is 2.26. The summed E-state index contributed by atoms with van der Waals surface area (Å²) < 4.78 is 10.6. The van der Waals surface area contributed by atoms with Crippen LogP contribution in [-0.4, -0.2) is 47.3 Å². The number of nitrogens with zero attached hydrogens (tertiary/aromatic N) is 2. The Morgan fingerprint density at radius 2 is 2.21 bits per heavy atom. The summed E-state index contributed by atoms with van der Waals surface area (Å²) in [6, 6.07) is 3.58. The molecule has 3 heterocycles. The second-order valence-corrected chi connectivity index (χ2v) is 4.45. The Kier molecular flexibility index (Phi) is 3.08. The monoisotopic (exact) mass is 261 g/mol. The van der Waals surface area contributed by atoms with Gasteiger partial charge < -0.3 is 14.1 Å². The van der Waals surface area contributed by atoms with Gasteiger partial charge in [-0.25, -0.2) is 0 Å². The molecule has 1 N–H and O–H groups in total. The molecule has 0 radical (unpaired) electrons. The molecule has 0 aliphatic carbocycles. The number of H-pyrrole nitrogens is 1. The van der Waals surface area contributed by atoms with Crippen molar-refractivity contribution in [2.45, 2.75) is 6.92 Å². The number of aryl methyl sites for hydroxylation is 1. The average Bonchev–Trinajstić information content (AvgIpc) is 3.08. The van der Waals surface area contributed by atoms with Crippen LogP contribution in [0.4, 0.5) is 0 Å². The molecule has 6 nitrogen and oxygen atoms in total. The van der Waals surface area contributed by atoms with Crippen LogP contribution in [0.15, 0.2) is 22.8 Å². The quantitative estimate of drug-likeness (QED) is 0.888. The third kappa shape index (κ3) is 2.15. The number of hydrogen-bond donors (Lipinski definition) is 1. The molecule has 2 aromatic heterocycles. The third-order valence-corrected chi connectivity index (χ3v) is 3.21. The number of aromatic amines is 1. The molecule has 3 rings (SSSR count). The van der Waals surface area contributed by atoms with Crippen LogP contribution in [0.2, 0.25) is 0 Å². The minimum atomic E-state index is -0.0269. The number of carbonyl (C=O) groups is 1. The first-order valence-electron chi connectivity index (χ1n) is 6.23. The lowest BCUT2D eigenvalue weighted by Gasteiger charge is -2.26. The predicted octanol–water partition coefficient (Wildman–Crippen LogP) is 1.45. The van der Waals surface area contributed by atoms with Gasteiger partial charge in [0.15, 0.2) is 5.76 Å². The van der Waals surface area contributed by atoms with Crippen LogP contribution < -0.4 is 0 Å². The Morgan fingerprint density at radius 1 is 1.42 bits per heavy atom. The molecule has 1 fully saturated rings. The van der Waals surface area contributed by atoms with Gasteiger partial charge in [0.25, 0.3) is 5.91 Å². The number of rotatable bonds is 2. The Bertz CT molecular complexity index is 568. The maximum atomic E-state index is 12.6. The van der Waals surface area contributed by atoms with E-state index in [2.05, 4.69) is 10.2 Å². The van der Waals surface area contributed by atoms with Crippen molar-refractivity contribution in [2.75, 3.05) is 26.3 Å². The number of morpholine rings is 1. The van der Waals surface area contributed by atoms with Crippen LogP contribution >= 0.6 is 0 Å². The van der Waals surface area contributed by atoms with Gasteiger partial charge in [0.05, 0.1) is 25.0 Å². The van der Waals surface area contributed by atoms with Gasteiger partial charge in [0.2, 0.25) is 0 Å².